The molecule has 2 nitrogen and oxygen atoms in total. The van der Waals surface area contributed by atoms with Crippen molar-refractivity contribution in [2.75, 3.05) is 11.4 Å². The Hall–Kier alpha value is -1.31. The van der Waals surface area contributed by atoms with E-state index in [1.807, 2.05) is 12.1 Å². The maximum Gasteiger partial charge on any atom is 0.127 e. The topological polar surface area (TPSA) is 20.3 Å². The number of benzene rings is 1. The summed E-state index contributed by atoms with van der Waals surface area (Å²) in [5.41, 5.74) is 2.42. The van der Waals surface area contributed by atoms with Crippen LogP contribution in [0.5, 0.6) is 0 Å². The van der Waals surface area contributed by atoms with Crippen LogP contribution >= 0.6 is 0 Å². The number of hydrogen-bond acceptors (Lipinski definition) is 2. The fourth-order valence-electron chi connectivity index (χ4n) is 2.29. The van der Waals surface area contributed by atoms with E-state index in [0.29, 0.717) is 6.04 Å². The molecule has 1 aromatic carbocycles. The SMILES string of the molecule is CC(C)N1CC[C@@H](C=O)c2ccccc21. The lowest BCUT2D eigenvalue weighted by molar-refractivity contribution is -0.109. The van der Waals surface area contributed by atoms with E-state index in [1.54, 1.807) is 0 Å². The standard InChI is InChI=1S/C13H17NO/c1-10(2)14-8-7-11(9-15)12-5-3-4-6-13(12)14/h3-6,9-11H,7-8H2,1-2H3/t11-/m0/s1. The van der Waals surface area contributed by atoms with Crippen LogP contribution in [0.25, 0.3) is 0 Å². The number of para-hydroxylation sites is 1. The van der Waals surface area contributed by atoms with E-state index >= 15 is 0 Å². The van der Waals surface area contributed by atoms with E-state index in [4.69, 9.17) is 0 Å². The number of rotatable bonds is 2. The zero-order valence-corrected chi connectivity index (χ0v) is 9.31. The number of anilines is 1. The number of hydrogen-bond donors (Lipinski definition) is 0. The van der Waals surface area contributed by atoms with Gasteiger partial charge in [-0.15, -0.1) is 0 Å². The first-order valence-corrected chi connectivity index (χ1v) is 5.55. The molecule has 1 atom stereocenters. The van der Waals surface area contributed by atoms with E-state index in [1.165, 1.54) is 11.3 Å². The van der Waals surface area contributed by atoms with Crippen LogP contribution in [0, 0.1) is 0 Å². The minimum atomic E-state index is 0.0937. The van der Waals surface area contributed by atoms with Crippen LogP contribution in [0.4, 0.5) is 5.69 Å². The molecule has 0 radical (unpaired) electrons. The van der Waals surface area contributed by atoms with Crippen molar-refractivity contribution >= 4 is 12.0 Å². The summed E-state index contributed by atoms with van der Waals surface area (Å²) >= 11 is 0. The molecule has 2 heteroatoms. The lowest BCUT2D eigenvalue weighted by atomic mass is 9.90. The summed E-state index contributed by atoms with van der Waals surface area (Å²) in [6.07, 6.45) is 2.02. The van der Waals surface area contributed by atoms with Gasteiger partial charge in [-0.05, 0) is 31.9 Å². The Morgan fingerprint density at radius 1 is 1.40 bits per heavy atom. The second-order valence-electron chi connectivity index (χ2n) is 4.38. The third kappa shape index (κ3) is 1.76. The van der Waals surface area contributed by atoms with Crippen LogP contribution in [0.1, 0.15) is 31.7 Å². The molecule has 15 heavy (non-hydrogen) atoms. The predicted molar refractivity (Wildman–Crippen MR) is 62.3 cm³/mol. The van der Waals surface area contributed by atoms with Crippen LogP contribution in [0.2, 0.25) is 0 Å². The largest absolute Gasteiger partial charge is 0.369 e. The van der Waals surface area contributed by atoms with Crippen molar-refractivity contribution in [1.29, 1.82) is 0 Å². The van der Waals surface area contributed by atoms with Crippen molar-refractivity contribution in [1.82, 2.24) is 0 Å². The van der Waals surface area contributed by atoms with Crippen LogP contribution < -0.4 is 4.90 Å². The van der Waals surface area contributed by atoms with E-state index in [0.717, 1.165) is 19.3 Å². The van der Waals surface area contributed by atoms with Gasteiger partial charge in [0.15, 0.2) is 0 Å². The quantitative estimate of drug-likeness (QED) is 0.688. The lowest BCUT2D eigenvalue weighted by Gasteiger charge is -2.36. The van der Waals surface area contributed by atoms with Crippen LogP contribution in [-0.4, -0.2) is 18.9 Å². The molecule has 0 fully saturated rings. The maximum atomic E-state index is 11.0. The molecule has 0 bridgehead atoms. The van der Waals surface area contributed by atoms with Crippen molar-refractivity contribution in [2.45, 2.75) is 32.2 Å². The maximum absolute atomic E-state index is 11.0. The van der Waals surface area contributed by atoms with E-state index < -0.39 is 0 Å². The average molecular weight is 203 g/mol. The molecule has 1 aliphatic heterocycles. The fraction of sp³-hybridized carbons (Fsp3) is 0.462. The van der Waals surface area contributed by atoms with Gasteiger partial charge in [-0.1, -0.05) is 18.2 Å². The summed E-state index contributed by atoms with van der Waals surface area (Å²) in [5, 5.41) is 0. The lowest BCUT2D eigenvalue weighted by Crippen LogP contribution is -2.36. The Labute approximate surface area is 90.9 Å². The average Bonchev–Trinajstić information content (AvgIpc) is 2.27. The minimum absolute atomic E-state index is 0.0937. The highest BCUT2D eigenvalue weighted by atomic mass is 16.1. The summed E-state index contributed by atoms with van der Waals surface area (Å²) in [6, 6.07) is 8.74. The number of carbonyl (C=O) groups is 1. The fourth-order valence-corrected chi connectivity index (χ4v) is 2.29. The molecule has 0 amide bonds. The molecule has 0 spiro atoms. The molecule has 1 aromatic rings. The molecule has 0 N–H and O–H groups in total. The Bertz CT molecular complexity index is 359. The third-order valence-corrected chi connectivity index (χ3v) is 3.11. The number of nitrogens with zero attached hydrogens (tertiary/aromatic N) is 1. The summed E-state index contributed by atoms with van der Waals surface area (Å²) in [5.74, 6) is 0.0937. The first kappa shape index (κ1) is 10.2. The molecule has 0 aliphatic carbocycles. The zero-order valence-electron chi connectivity index (χ0n) is 9.31. The molecular weight excluding hydrogens is 186 g/mol. The van der Waals surface area contributed by atoms with Gasteiger partial charge in [-0.3, -0.25) is 0 Å². The van der Waals surface area contributed by atoms with Gasteiger partial charge in [0.25, 0.3) is 0 Å². The van der Waals surface area contributed by atoms with Crippen molar-refractivity contribution < 1.29 is 4.79 Å². The van der Waals surface area contributed by atoms with Crippen molar-refractivity contribution in [3.8, 4) is 0 Å². The first-order chi connectivity index (χ1) is 7.24. The van der Waals surface area contributed by atoms with Gasteiger partial charge in [-0.2, -0.15) is 0 Å². The molecule has 0 unspecified atom stereocenters. The molecule has 0 saturated heterocycles. The summed E-state index contributed by atoms with van der Waals surface area (Å²) < 4.78 is 0. The van der Waals surface area contributed by atoms with Crippen molar-refractivity contribution in [3.05, 3.63) is 29.8 Å². The summed E-state index contributed by atoms with van der Waals surface area (Å²) in [7, 11) is 0. The molecule has 1 heterocycles. The van der Waals surface area contributed by atoms with Gasteiger partial charge in [-0.25, -0.2) is 0 Å². The predicted octanol–water partition coefficient (Wildman–Crippen LogP) is 2.59. The number of fused-ring (bicyclic) bond motifs is 1. The minimum Gasteiger partial charge on any atom is -0.369 e. The zero-order chi connectivity index (χ0) is 10.8. The Kier molecular flexibility index (Phi) is 2.76. The van der Waals surface area contributed by atoms with E-state index in [2.05, 4.69) is 30.9 Å². The third-order valence-electron chi connectivity index (χ3n) is 3.11. The monoisotopic (exact) mass is 203 g/mol. The molecule has 80 valence electrons. The Morgan fingerprint density at radius 2 is 2.13 bits per heavy atom. The van der Waals surface area contributed by atoms with E-state index in [9.17, 15) is 4.79 Å². The Morgan fingerprint density at radius 3 is 2.80 bits per heavy atom. The van der Waals surface area contributed by atoms with Gasteiger partial charge in [0.05, 0.1) is 0 Å². The molecule has 1 aliphatic rings. The normalized spacial score (nSPS) is 20.2. The molecular formula is C13H17NO. The smallest absolute Gasteiger partial charge is 0.127 e. The van der Waals surface area contributed by atoms with Gasteiger partial charge < -0.3 is 9.69 Å². The highest BCUT2D eigenvalue weighted by Crippen LogP contribution is 2.34. The van der Waals surface area contributed by atoms with Gasteiger partial charge in [0, 0.05) is 24.2 Å². The molecule has 0 aromatic heterocycles. The van der Waals surface area contributed by atoms with Crippen molar-refractivity contribution in [2.24, 2.45) is 0 Å². The van der Waals surface area contributed by atoms with Gasteiger partial charge >= 0.3 is 0 Å². The highest BCUT2D eigenvalue weighted by Gasteiger charge is 2.25. The summed E-state index contributed by atoms with van der Waals surface area (Å²) in [4.78, 5) is 13.4. The summed E-state index contributed by atoms with van der Waals surface area (Å²) in [6.45, 7) is 5.37. The van der Waals surface area contributed by atoms with E-state index in [-0.39, 0.29) is 5.92 Å². The first-order valence-electron chi connectivity index (χ1n) is 5.55. The number of aldehydes is 1. The second-order valence-corrected chi connectivity index (χ2v) is 4.38. The highest BCUT2D eigenvalue weighted by molar-refractivity contribution is 5.71. The van der Waals surface area contributed by atoms with Crippen LogP contribution in [-0.2, 0) is 4.79 Å². The van der Waals surface area contributed by atoms with Crippen LogP contribution in [0.3, 0.4) is 0 Å². The Balaban J connectivity index is 2.43. The molecule has 0 saturated carbocycles. The van der Waals surface area contributed by atoms with Crippen LogP contribution in [0.15, 0.2) is 24.3 Å². The second kappa shape index (κ2) is 4.05. The van der Waals surface area contributed by atoms with Gasteiger partial charge in [0.1, 0.15) is 6.29 Å². The van der Waals surface area contributed by atoms with Gasteiger partial charge in [0.2, 0.25) is 0 Å². The molecule has 2 rings (SSSR count). The number of carbonyl (C=O) groups excluding carboxylic acids is 1. The van der Waals surface area contributed by atoms with Crippen molar-refractivity contribution in [3.63, 3.8) is 0 Å².